The van der Waals surface area contributed by atoms with E-state index in [1.807, 2.05) is 20.8 Å². The lowest BCUT2D eigenvalue weighted by atomic mass is 10.1. The highest BCUT2D eigenvalue weighted by Crippen LogP contribution is 2.18. The Balaban J connectivity index is 2.47. The molecule has 0 N–H and O–H groups in total. The summed E-state index contributed by atoms with van der Waals surface area (Å²) in [5, 5.41) is 4.01. The molecule has 0 saturated heterocycles. The average molecular weight is 253 g/mol. The highest BCUT2D eigenvalue weighted by atomic mass is 35.5. The van der Waals surface area contributed by atoms with Crippen molar-refractivity contribution < 1.29 is 4.79 Å². The van der Waals surface area contributed by atoms with Crippen LogP contribution < -0.4 is 0 Å². The van der Waals surface area contributed by atoms with Crippen LogP contribution in [0.25, 0.3) is 5.65 Å². The third-order valence-electron chi connectivity index (χ3n) is 2.63. The Morgan fingerprint density at radius 1 is 1.53 bits per heavy atom. The van der Waals surface area contributed by atoms with Gasteiger partial charge in [-0.1, -0.05) is 6.92 Å². The number of halogens is 1. The van der Waals surface area contributed by atoms with Crippen LogP contribution in [0.3, 0.4) is 0 Å². The predicted molar refractivity (Wildman–Crippen MR) is 64.1 cm³/mol. The van der Waals surface area contributed by atoms with E-state index in [4.69, 9.17) is 11.6 Å². The number of fused-ring (bicyclic) bond motifs is 1. The Morgan fingerprint density at radius 3 is 2.82 bits per heavy atom. The summed E-state index contributed by atoms with van der Waals surface area (Å²) in [5.41, 5.74) is 2.46. The highest BCUT2D eigenvalue weighted by molar-refractivity contribution is 6.63. The largest absolute Gasteiger partial charge is 0.281 e. The molecule has 0 aliphatic carbocycles. The Labute approximate surface area is 104 Å². The third-order valence-corrected chi connectivity index (χ3v) is 2.79. The third kappa shape index (κ3) is 2.29. The van der Waals surface area contributed by atoms with Crippen LogP contribution in [0.1, 0.15) is 36.5 Å². The van der Waals surface area contributed by atoms with Crippen molar-refractivity contribution in [2.45, 2.75) is 33.1 Å². The average Bonchev–Trinajstić information content (AvgIpc) is 2.68. The van der Waals surface area contributed by atoms with Gasteiger partial charge in [0.2, 0.25) is 5.24 Å². The van der Waals surface area contributed by atoms with Crippen molar-refractivity contribution in [1.82, 2.24) is 19.6 Å². The van der Waals surface area contributed by atoms with E-state index in [-0.39, 0.29) is 17.6 Å². The van der Waals surface area contributed by atoms with E-state index in [0.29, 0.717) is 5.82 Å². The molecule has 0 radical (unpaired) electrons. The predicted octanol–water partition coefficient (Wildman–Crippen LogP) is 2.00. The van der Waals surface area contributed by atoms with Crippen LogP contribution in [0, 0.1) is 13.8 Å². The second kappa shape index (κ2) is 4.41. The molecule has 5 nitrogen and oxygen atoms in total. The van der Waals surface area contributed by atoms with Gasteiger partial charge in [0.1, 0.15) is 0 Å². The Bertz CT molecular complexity index is 539. The van der Waals surface area contributed by atoms with Gasteiger partial charge < -0.3 is 0 Å². The molecule has 2 aromatic rings. The van der Waals surface area contributed by atoms with Gasteiger partial charge in [-0.15, -0.1) is 0 Å². The summed E-state index contributed by atoms with van der Waals surface area (Å²) < 4.78 is 1.74. The standard InChI is InChI=1S/C11H13ClN4O/c1-6(4-9(12)17)10-14-11-8(3)13-5-7(2)16(11)15-10/h5-6H,4H2,1-3H3. The number of carbonyl (C=O) groups excluding carboxylic acids is 1. The molecule has 0 saturated carbocycles. The molecule has 0 bridgehead atoms. The van der Waals surface area contributed by atoms with Gasteiger partial charge in [0.15, 0.2) is 11.5 Å². The van der Waals surface area contributed by atoms with E-state index in [0.717, 1.165) is 17.0 Å². The first-order chi connectivity index (χ1) is 7.99. The first-order valence-corrected chi connectivity index (χ1v) is 5.74. The molecule has 0 spiro atoms. The summed E-state index contributed by atoms with van der Waals surface area (Å²) in [4.78, 5) is 19.5. The SMILES string of the molecule is Cc1ncc(C)n2nc(C(C)CC(=O)Cl)nc12. The van der Waals surface area contributed by atoms with Crippen molar-refractivity contribution in [1.29, 1.82) is 0 Å². The van der Waals surface area contributed by atoms with E-state index in [9.17, 15) is 4.79 Å². The van der Waals surface area contributed by atoms with Gasteiger partial charge in [-0.05, 0) is 25.4 Å². The quantitative estimate of drug-likeness (QED) is 0.784. The molecule has 1 unspecified atom stereocenters. The summed E-state index contributed by atoms with van der Waals surface area (Å²) in [5.74, 6) is 0.539. The number of hydrogen-bond acceptors (Lipinski definition) is 4. The minimum Gasteiger partial charge on any atom is -0.281 e. The molecular weight excluding hydrogens is 240 g/mol. The number of aromatic nitrogens is 4. The molecule has 2 rings (SSSR count). The van der Waals surface area contributed by atoms with Crippen LogP contribution in [0.15, 0.2) is 6.20 Å². The summed E-state index contributed by atoms with van der Waals surface area (Å²) in [6.07, 6.45) is 1.99. The first-order valence-electron chi connectivity index (χ1n) is 5.36. The van der Waals surface area contributed by atoms with E-state index in [1.165, 1.54) is 0 Å². The van der Waals surface area contributed by atoms with Gasteiger partial charge >= 0.3 is 0 Å². The molecule has 0 aliphatic heterocycles. The maximum atomic E-state index is 10.9. The fraction of sp³-hybridized carbons (Fsp3) is 0.455. The van der Waals surface area contributed by atoms with E-state index < -0.39 is 0 Å². The summed E-state index contributed by atoms with van der Waals surface area (Å²) in [6.45, 7) is 5.67. The Kier molecular flexibility index (Phi) is 3.11. The van der Waals surface area contributed by atoms with Gasteiger partial charge in [0.05, 0.1) is 11.4 Å². The number of rotatable bonds is 3. The summed E-state index contributed by atoms with van der Waals surface area (Å²) >= 11 is 5.37. The first kappa shape index (κ1) is 12.0. The molecule has 90 valence electrons. The van der Waals surface area contributed by atoms with Crippen molar-refractivity contribution in [3.63, 3.8) is 0 Å². The Hall–Kier alpha value is -1.49. The monoisotopic (exact) mass is 252 g/mol. The number of carbonyl (C=O) groups is 1. The minimum atomic E-state index is -0.372. The molecule has 0 amide bonds. The smallest absolute Gasteiger partial charge is 0.222 e. The number of aryl methyl sites for hydroxylation is 2. The number of nitrogens with zero attached hydrogens (tertiary/aromatic N) is 4. The van der Waals surface area contributed by atoms with Gasteiger partial charge in [0, 0.05) is 18.5 Å². The molecule has 0 aliphatic rings. The molecule has 6 heteroatoms. The molecule has 2 aromatic heterocycles. The molecule has 0 aromatic carbocycles. The van der Waals surface area contributed by atoms with Gasteiger partial charge in [0.25, 0.3) is 0 Å². The summed E-state index contributed by atoms with van der Waals surface area (Å²) in [6, 6.07) is 0. The van der Waals surface area contributed by atoms with Crippen LogP contribution in [-0.4, -0.2) is 24.8 Å². The van der Waals surface area contributed by atoms with Crippen molar-refractivity contribution in [3.05, 3.63) is 23.4 Å². The second-order valence-electron chi connectivity index (χ2n) is 4.15. The van der Waals surface area contributed by atoms with Crippen LogP contribution in [0.5, 0.6) is 0 Å². The lowest BCUT2D eigenvalue weighted by Gasteiger charge is -2.01. The van der Waals surface area contributed by atoms with Crippen molar-refractivity contribution in [3.8, 4) is 0 Å². The van der Waals surface area contributed by atoms with Crippen LogP contribution in [0.2, 0.25) is 0 Å². The second-order valence-corrected chi connectivity index (χ2v) is 4.57. The normalized spacial score (nSPS) is 12.9. The van der Waals surface area contributed by atoms with E-state index >= 15 is 0 Å². The fourth-order valence-electron chi connectivity index (χ4n) is 1.65. The van der Waals surface area contributed by atoms with Gasteiger partial charge in [-0.25, -0.2) is 9.50 Å². The molecule has 17 heavy (non-hydrogen) atoms. The van der Waals surface area contributed by atoms with E-state index in [2.05, 4.69) is 15.1 Å². The van der Waals surface area contributed by atoms with Crippen molar-refractivity contribution >= 4 is 22.5 Å². The number of hydrogen-bond donors (Lipinski definition) is 0. The highest BCUT2D eigenvalue weighted by Gasteiger charge is 2.16. The van der Waals surface area contributed by atoms with Crippen LogP contribution in [0.4, 0.5) is 0 Å². The van der Waals surface area contributed by atoms with Gasteiger partial charge in [-0.3, -0.25) is 9.78 Å². The fourth-order valence-corrected chi connectivity index (χ4v) is 1.88. The summed E-state index contributed by atoms with van der Waals surface area (Å²) in [7, 11) is 0. The molecular formula is C11H13ClN4O. The lowest BCUT2D eigenvalue weighted by molar-refractivity contribution is -0.112. The van der Waals surface area contributed by atoms with Crippen LogP contribution >= 0.6 is 11.6 Å². The molecule has 0 fully saturated rings. The zero-order valence-corrected chi connectivity index (χ0v) is 10.7. The molecule has 1 atom stereocenters. The Morgan fingerprint density at radius 2 is 2.24 bits per heavy atom. The van der Waals surface area contributed by atoms with Crippen molar-refractivity contribution in [2.75, 3.05) is 0 Å². The minimum absolute atomic E-state index is 0.0845. The zero-order chi connectivity index (χ0) is 12.6. The zero-order valence-electron chi connectivity index (χ0n) is 9.94. The van der Waals surface area contributed by atoms with Gasteiger partial charge in [-0.2, -0.15) is 5.10 Å². The molecule has 2 heterocycles. The van der Waals surface area contributed by atoms with Crippen molar-refractivity contribution in [2.24, 2.45) is 0 Å². The lowest BCUT2D eigenvalue weighted by Crippen LogP contribution is -2.01. The maximum absolute atomic E-state index is 10.9. The van der Waals surface area contributed by atoms with E-state index in [1.54, 1.807) is 10.7 Å². The topological polar surface area (TPSA) is 60.2 Å². The maximum Gasteiger partial charge on any atom is 0.222 e. The van der Waals surface area contributed by atoms with Crippen LogP contribution in [-0.2, 0) is 4.79 Å².